The molecule has 0 bridgehead atoms. The smallest absolute Gasteiger partial charge is 0.243 e. The molecule has 0 spiro atoms. The van der Waals surface area contributed by atoms with Crippen molar-refractivity contribution in [1.82, 2.24) is 13.7 Å². The summed E-state index contributed by atoms with van der Waals surface area (Å²) in [6.45, 7) is 2.62. The average Bonchev–Trinajstić information content (AvgIpc) is 3.25. The zero-order valence-electron chi connectivity index (χ0n) is 18.9. The molecule has 1 N–H and O–H groups in total. The number of fused-ring (bicyclic) bond motifs is 1. The summed E-state index contributed by atoms with van der Waals surface area (Å²) in [5.41, 5.74) is 3.44. The predicted molar refractivity (Wildman–Crippen MR) is 132 cm³/mol. The number of hydrogen-bond acceptors (Lipinski definition) is 4. The van der Waals surface area contributed by atoms with Crippen LogP contribution in [0.25, 0.3) is 16.9 Å². The van der Waals surface area contributed by atoms with Crippen LogP contribution in [0.2, 0.25) is 0 Å². The summed E-state index contributed by atoms with van der Waals surface area (Å²) in [6.07, 6.45) is 2.83. The van der Waals surface area contributed by atoms with Crippen LogP contribution in [0.5, 0.6) is 0 Å². The van der Waals surface area contributed by atoms with Gasteiger partial charge in [-0.25, -0.2) is 13.4 Å². The Morgan fingerprint density at radius 3 is 2.26 bits per heavy atom. The van der Waals surface area contributed by atoms with Gasteiger partial charge in [0.05, 0.1) is 4.90 Å². The number of nitrogens with zero attached hydrogens (tertiary/aromatic N) is 3. The quantitative estimate of drug-likeness (QED) is 0.466. The molecule has 1 aliphatic rings. The number of imidazole rings is 1. The highest BCUT2D eigenvalue weighted by molar-refractivity contribution is 7.89. The molecule has 1 fully saturated rings. The van der Waals surface area contributed by atoms with Gasteiger partial charge in [0.15, 0.2) is 0 Å². The first-order valence-electron chi connectivity index (χ1n) is 11.3. The number of rotatable bonds is 5. The van der Waals surface area contributed by atoms with E-state index in [-0.39, 0.29) is 16.7 Å². The second-order valence-electron chi connectivity index (χ2n) is 8.54. The van der Waals surface area contributed by atoms with Gasteiger partial charge in [0, 0.05) is 30.8 Å². The highest BCUT2D eigenvalue weighted by atomic mass is 32.2. The van der Waals surface area contributed by atoms with E-state index in [2.05, 4.69) is 5.32 Å². The van der Waals surface area contributed by atoms with Crippen molar-refractivity contribution in [1.29, 1.82) is 0 Å². The molecule has 5 rings (SSSR count). The Morgan fingerprint density at radius 2 is 1.59 bits per heavy atom. The van der Waals surface area contributed by atoms with Crippen LogP contribution in [0.3, 0.4) is 0 Å². The summed E-state index contributed by atoms with van der Waals surface area (Å²) < 4.78 is 29.2. The fourth-order valence-corrected chi connectivity index (χ4v) is 5.93. The van der Waals surface area contributed by atoms with Gasteiger partial charge in [0.1, 0.15) is 17.2 Å². The Hall–Kier alpha value is -3.49. The van der Waals surface area contributed by atoms with Gasteiger partial charge in [0.2, 0.25) is 15.9 Å². The van der Waals surface area contributed by atoms with E-state index in [1.54, 1.807) is 30.3 Å². The van der Waals surface area contributed by atoms with Gasteiger partial charge in [0.25, 0.3) is 0 Å². The maximum Gasteiger partial charge on any atom is 0.243 e. The van der Waals surface area contributed by atoms with E-state index in [1.807, 2.05) is 60.0 Å². The number of hydrogen-bond donors (Lipinski definition) is 1. The molecular formula is C26H26N4O3S. The highest BCUT2D eigenvalue weighted by Crippen LogP contribution is 2.31. The predicted octanol–water partition coefficient (Wildman–Crippen LogP) is 4.35. The Labute approximate surface area is 199 Å². The van der Waals surface area contributed by atoms with Crippen LogP contribution in [0.4, 0.5) is 5.82 Å². The van der Waals surface area contributed by atoms with Crippen LogP contribution in [0.15, 0.2) is 83.9 Å². The first-order valence-corrected chi connectivity index (χ1v) is 12.8. The van der Waals surface area contributed by atoms with Crippen molar-refractivity contribution in [2.75, 3.05) is 18.4 Å². The van der Waals surface area contributed by atoms with E-state index < -0.39 is 10.0 Å². The molecule has 34 heavy (non-hydrogen) atoms. The number of amides is 1. The number of carbonyl (C=O) groups is 1. The number of aromatic nitrogens is 2. The van der Waals surface area contributed by atoms with Crippen LogP contribution in [-0.2, 0) is 14.8 Å². The van der Waals surface area contributed by atoms with Gasteiger partial charge in [-0.1, -0.05) is 54.6 Å². The van der Waals surface area contributed by atoms with Crippen molar-refractivity contribution in [2.24, 2.45) is 5.92 Å². The minimum absolute atomic E-state index is 0.114. The minimum atomic E-state index is -3.55. The summed E-state index contributed by atoms with van der Waals surface area (Å²) in [6, 6.07) is 22.1. The normalized spacial score (nSPS) is 15.4. The van der Waals surface area contributed by atoms with Crippen LogP contribution in [0, 0.1) is 12.8 Å². The molecule has 0 unspecified atom stereocenters. The first-order chi connectivity index (χ1) is 16.4. The van der Waals surface area contributed by atoms with Gasteiger partial charge in [-0.3, -0.25) is 9.20 Å². The Kier molecular flexibility index (Phi) is 5.93. The monoisotopic (exact) mass is 474 g/mol. The van der Waals surface area contributed by atoms with Crippen LogP contribution in [-0.4, -0.2) is 41.1 Å². The van der Waals surface area contributed by atoms with E-state index >= 15 is 0 Å². The summed E-state index contributed by atoms with van der Waals surface area (Å²) in [5, 5.41) is 3.11. The lowest BCUT2D eigenvalue weighted by molar-refractivity contribution is -0.120. The van der Waals surface area contributed by atoms with Crippen molar-refractivity contribution in [3.63, 3.8) is 0 Å². The first kappa shape index (κ1) is 22.3. The molecular weight excluding hydrogens is 448 g/mol. The second-order valence-corrected chi connectivity index (χ2v) is 10.5. The van der Waals surface area contributed by atoms with Crippen LogP contribution in [0.1, 0.15) is 18.4 Å². The summed E-state index contributed by atoms with van der Waals surface area (Å²) in [5.74, 6) is 0.243. The largest absolute Gasteiger partial charge is 0.310 e. The van der Waals surface area contributed by atoms with Gasteiger partial charge in [-0.05, 0) is 43.5 Å². The van der Waals surface area contributed by atoms with E-state index in [0.717, 1.165) is 16.8 Å². The number of pyridine rings is 1. The number of sulfonamides is 1. The van der Waals surface area contributed by atoms with Crippen LogP contribution >= 0.6 is 0 Å². The van der Waals surface area contributed by atoms with Gasteiger partial charge in [-0.15, -0.1) is 0 Å². The van der Waals surface area contributed by atoms with Gasteiger partial charge >= 0.3 is 0 Å². The zero-order valence-corrected chi connectivity index (χ0v) is 19.7. The molecule has 2 aromatic carbocycles. The Bertz CT molecular complexity index is 1430. The highest BCUT2D eigenvalue weighted by Gasteiger charge is 2.32. The maximum absolute atomic E-state index is 13.3. The molecule has 1 saturated heterocycles. The summed E-state index contributed by atoms with van der Waals surface area (Å²) >= 11 is 0. The number of aryl methyl sites for hydroxylation is 1. The number of benzene rings is 2. The number of anilines is 1. The zero-order chi connectivity index (χ0) is 23.7. The van der Waals surface area contributed by atoms with Crippen LogP contribution < -0.4 is 5.32 Å². The molecule has 0 aliphatic carbocycles. The molecule has 0 atom stereocenters. The lowest BCUT2D eigenvalue weighted by atomic mass is 9.97. The molecule has 0 saturated carbocycles. The molecule has 8 heteroatoms. The van der Waals surface area contributed by atoms with E-state index in [4.69, 9.17) is 4.98 Å². The third-order valence-electron chi connectivity index (χ3n) is 6.34. The number of piperidine rings is 1. The third kappa shape index (κ3) is 4.10. The Morgan fingerprint density at radius 1 is 0.941 bits per heavy atom. The second kappa shape index (κ2) is 9.04. The Balaban J connectivity index is 1.37. The summed E-state index contributed by atoms with van der Waals surface area (Å²) in [4.78, 5) is 18.4. The van der Waals surface area contributed by atoms with Crippen molar-refractivity contribution in [3.8, 4) is 11.3 Å². The van der Waals surface area contributed by atoms with Crippen molar-refractivity contribution in [3.05, 3.63) is 84.6 Å². The molecule has 3 heterocycles. The molecule has 7 nitrogen and oxygen atoms in total. The van der Waals surface area contributed by atoms with Gasteiger partial charge in [-0.2, -0.15) is 4.31 Å². The minimum Gasteiger partial charge on any atom is -0.310 e. The third-order valence-corrected chi connectivity index (χ3v) is 8.25. The summed E-state index contributed by atoms with van der Waals surface area (Å²) in [7, 11) is -3.55. The molecule has 2 aromatic heterocycles. The topological polar surface area (TPSA) is 83.8 Å². The molecule has 1 amide bonds. The molecule has 4 aromatic rings. The standard InChI is InChI=1S/C26H26N4O3S/c1-19-9-8-16-30-24(19)27-23(20-10-4-2-5-11-20)25(30)28-26(31)21-14-17-29(18-15-21)34(32,33)22-12-6-3-7-13-22/h2-13,16,21H,14-15,17-18H2,1H3,(H,28,31). The lowest BCUT2D eigenvalue weighted by Crippen LogP contribution is -2.41. The van der Waals surface area contributed by atoms with E-state index in [9.17, 15) is 13.2 Å². The van der Waals surface area contributed by atoms with Crippen molar-refractivity contribution >= 4 is 27.4 Å². The number of carbonyl (C=O) groups excluding carboxylic acids is 1. The SMILES string of the molecule is Cc1cccn2c(NC(=O)C3CCN(S(=O)(=O)c4ccccc4)CC3)c(-c3ccccc3)nc12. The lowest BCUT2D eigenvalue weighted by Gasteiger charge is -2.30. The number of nitrogens with one attached hydrogen (secondary N) is 1. The average molecular weight is 475 g/mol. The fraction of sp³-hybridized carbons (Fsp3) is 0.231. The molecule has 1 aliphatic heterocycles. The fourth-order valence-electron chi connectivity index (χ4n) is 4.44. The van der Waals surface area contributed by atoms with E-state index in [0.29, 0.717) is 37.4 Å². The van der Waals surface area contributed by atoms with E-state index in [1.165, 1.54) is 4.31 Å². The van der Waals surface area contributed by atoms with Gasteiger partial charge < -0.3 is 5.32 Å². The molecule has 0 radical (unpaired) electrons. The maximum atomic E-state index is 13.3. The molecule has 174 valence electrons. The van der Waals surface area contributed by atoms with Crippen molar-refractivity contribution < 1.29 is 13.2 Å². The van der Waals surface area contributed by atoms with Crippen molar-refractivity contribution in [2.45, 2.75) is 24.7 Å².